The van der Waals surface area contributed by atoms with E-state index in [2.05, 4.69) is 5.32 Å². The van der Waals surface area contributed by atoms with Crippen LogP contribution < -0.4 is 5.32 Å². The van der Waals surface area contributed by atoms with Crippen LogP contribution in [-0.4, -0.2) is 25.6 Å². The maximum Gasteiger partial charge on any atom is 0.238 e. The van der Waals surface area contributed by atoms with Crippen LogP contribution in [0.25, 0.3) is 0 Å². The molecule has 1 rings (SSSR count). The molecule has 1 aromatic carbocycles. The highest BCUT2D eigenvalue weighted by Crippen LogP contribution is 2.18. The van der Waals surface area contributed by atoms with E-state index >= 15 is 0 Å². The first kappa shape index (κ1) is 15.0. The SMILES string of the molecule is CC(C)NC(=O)C(C)S(=O)(=O)c1ccc(Cl)cc1. The van der Waals surface area contributed by atoms with Gasteiger partial charge in [0.2, 0.25) is 5.91 Å². The van der Waals surface area contributed by atoms with E-state index in [0.717, 1.165) is 0 Å². The molecule has 1 aromatic rings. The lowest BCUT2D eigenvalue weighted by Crippen LogP contribution is -2.41. The molecule has 6 heteroatoms. The Balaban J connectivity index is 2.99. The van der Waals surface area contributed by atoms with E-state index in [1.807, 2.05) is 0 Å². The molecule has 1 amide bonds. The Kier molecular flexibility index (Phi) is 4.76. The fraction of sp³-hybridized carbons (Fsp3) is 0.417. The van der Waals surface area contributed by atoms with Gasteiger partial charge in [-0.25, -0.2) is 8.42 Å². The third-order valence-corrected chi connectivity index (χ3v) is 4.73. The molecule has 0 radical (unpaired) electrons. The highest BCUT2D eigenvalue weighted by atomic mass is 35.5. The van der Waals surface area contributed by atoms with Crippen molar-refractivity contribution in [3.05, 3.63) is 29.3 Å². The van der Waals surface area contributed by atoms with Crippen molar-refractivity contribution in [1.82, 2.24) is 5.32 Å². The van der Waals surface area contributed by atoms with Crippen molar-refractivity contribution in [2.75, 3.05) is 0 Å². The number of benzene rings is 1. The number of carbonyl (C=O) groups excluding carboxylic acids is 1. The standard InChI is InChI=1S/C12H16ClNO3S/c1-8(2)14-12(15)9(3)18(16,17)11-6-4-10(13)5-7-11/h4-9H,1-3H3,(H,14,15). The van der Waals surface area contributed by atoms with Gasteiger partial charge in [-0.1, -0.05) is 11.6 Å². The van der Waals surface area contributed by atoms with Crippen LogP contribution in [0.4, 0.5) is 0 Å². The largest absolute Gasteiger partial charge is 0.353 e. The number of hydrogen-bond acceptors (Lipinski definition) is 3. The molecule has 0 bridgehead atoms. The van der Waals surface area contributed by atoms with Crippen molar-refractivity contribution in [2.45, 2.75) is 37.0 Å². The molecule has 0 fully saturated rings. The molecule has 4 nitrogen and oxygen atoms in total. The van der Waals surface area contributed by atoms with Gasteiger partial charge in [0.15, 0.2) is 9.84 Å². The van der Waals surface area contributed by atoms with Gasteiger partial charge >= 0.3 is 0 Å². The minimum absolute atomic E-state index is 0.0957. The van der Waals surface area contributed by atoms with Crippen LogP contribution in [0.5, 0.6) is 0 Å². The van der Waals surface area contributed by atoms with Crippen molar-refractivity contribution in [3.63, 3.8) is 0 Å². The summed E-state index contributed by atoms with van der Waals surface area (Å²) in [5, 5.41) is 1.91. The van der Waals surface area contributed by atoms with Gasteiger partial charge in [0.05, 0.1) is 4.90 Å². The maximum absolute atomic E-state index is 12.2. The van der Waals surface area contributed by atoms with Crippen molar-refractivity contribution >= 4 is 27.3 Å². The minimum atomic E-state index is -3.67. The number of amides is 1. The highest BCUT2D eigenvalue weighted by Gasteiger charge is 2.29. The Morgan fingerprint density at radius 2 is 1.67 bits per heavy atom. The summed E-state index contributed by atoms with van der Waals surface area (Å²) in [7, 11) is -3.67. The lowest BCUT2D eigenvalue weighted by atomic mass is 10.3. The van der Waals surface area contributed by atoms with Gasteiger partial charge in [0, 0.05) is 11.1 Å². The molecular weight excluding hydrogens is 274 g/mol. The second-order valence-corrected chi connectivity index (χ2v) is 7.01. The second kappa shape index (κ2) is 5.71. The Morgan fingerprint density at radius 3 is 2.11 bits per heavy atom. The van der Waals surface area contributed by atoms with Crippen molar-refractivity contribution < 1.29 is 13.2 Å². The number of hydrogen-bond donors (Lipinski definition) is 1. The lowest BCUT2D eigenvalue weighted by Gasteiger charge is -2.15. The Morgan fingerprint density at radius 1 is 1.17 bits per heavy atom. The molecule has 18 heavy (non-hydrogen) atoms. The second-order valence-electron chi connectivity index (χ2n) is 4.30. The van der Waals surface area contributed by atoms with Crippen molar-refractivity contribution in [3.8, 4) is 0 Å². The molecule has 0 saturated heterocycles. The van der Waals surface area contributed by atoms with Crippen LogP contribution in [0.2, 0.25) is 5.02 Å². The summed E-state index contributed by atoms with van der Waals surface area (Å²) in [6.45, 7) is 4.93. The predicted octanol–water partition coefficient (Wildman–Crippen LogP) is 2.03. The molecule has 0 saturated carbocycles. The van der Waals surface area contributed by atoms with E-state index in [1.54, 1.807) is 13.8 Å². The molecular formula is C12H16ClNO3S. The van der Waals surface area contributed by atoms with Crippen molar-refractivity contribution in [1.29, 1.82) is 0 Å². The average Bonchev–Trinajstić information content (AvgIpc) is 2.27. The van der Waals surface area contributed by atoms with Gasteiger partial charge in [-0.2, -0.15) is 0 Å². The van der Waals surface area contributed by atoms with Gasteiger partial charge < -0.3 is 5.32 Å². The number of sulfone groups is 1. The van der Waals surface area contributed by atoms with Crippen LogP contribution in [0.1, 0.15) is 20.8 Å². The summed E-state index contributed by atoms with van der Waals surface area (Å²) in [4.78, 5) is 11.8. The zero-order valence-electron chi connectivity index (χ0n) is 10.5. The number of carbonyl (C=O) groups is 1. The maximum atomic E-state index is 12.2. The van der Waals surface area contributed by atoms with Gasteiger partial charge in [0.25, 0.3) is 0 Å². The Labute approximate surface area is 112 Å². The first-order valence-electron chi connectivity index (χ1n) is 5.55. The lowest BCUT2D eigenvalue weighted by molar-refractivity contribution is -0.120. The third-order valence-electron chi connectivity index (χ3n) is 2.41. The molecule has 100 valence electrons. The number of halogens is 1. The minimum Gasteiger partial charge on any atom is -0.353 e. The summed E-state index contributed by atoms with van der Waals surface area (Å²) >= 11 is 5.70. The van der Waals surface area contributed by atoms with Gasteiger partial charge in [-0.05, 0) is 45.0 Å². The van der Waals surface area contributed by atoms with Crippen molar-refractivity contribution in [2.24, 2.45) is 0 Å². The molecule has 1 unspecified atom stereocenters. The molecule has 0 aliphatic carbocycles. The fourth-order valence-electron chi connectivity index (χ4n) is 1.37. The van der Waals surface area contributed by atoms with Crippen LogP contribution in [0.3, 0.4) is 0 Å². The Hall–Kier alpha value is -1.07. The Bertz CT molecular complexity index is 523. The summed E-state index contributed by atoms with van der Waals surface area (Å²) in [6, 6.07) is 5.68. The van der Waals surface area contributed by atoms with Crippen LogP contribution in [-0.2, 0) is 14.6 Å². The first-order valence-corrected chi connectivity index (χ1v) is 7.47. The zero-order valence-corrected chi connectivity index (χ0v) is 12.0. The van der Waals surface area contributed by atoms with E-state index in [4.69, 9.17) is 11.6 Å². The van der Waals surface area contributed by atoms with Crippen LogP contribution >= 0.6 is 11.6 Å². The summed E-state index contributed by atoms with van der Waals surface area (Å²) in [5.74, 6) is -0.500. The molecule has 0 aliphatic heterocycles. The zero-order chi connectivity index (χ0) is 13.9. The van der Waals surface area contributed by atoms with Gasteiger partial charge in [-0.15, -0.1) is 0 Å². The van der Waals surface area contributed by atoms with Crippen LogP contribution in [0.15, 0.2) is 29.2 Å². The smallest absolute Gasteiger partial charge is 0.238 e. The van der Waals surface area contributed by atoms with Gasteiger partial charge in [-0.3, -0.25) is 4.79 Å². The number of nitrogens with one attached hydrogen (secondary N) is 1. The van der Waals surface area contributed by atoms with E-state index in [1.165, 1.54) is 31.2 Å². The molecule has 0 heterocycles. The summed E-state index contributed by atoms with van der Waals surface area (Å²) in [6.07, 6.45) is 0. The average molecular weight is 290 g/mol. The highest BCUT2D eigenvalue weighted by molar-refractivity contribution is 7.92. The predicted molar refractivity (Wildman–Crippen MR) is 71.4 cm³/mol. The van der Waals surface area contributed by atoms with E-state index in [0.29, 0.717) is 5.02 Å². The normalized spacial score (nSPS) is 13.4. The quantitative estimate of drug-likeness (QED) is 0.922. The molecule has 1 atom stereocenters. The summed E-state index contributed by atoms with van der Waals surface area (Å²) in [5.41, 5.74) is 0. The monoisotopic (exact) mass is 289 g/mol. The summed E-state index contributed by atoms with van der Waals surface area (Å²) < 4.78 is 24.3. The first-order chi connectivity index (χ1) is 8.25. The van der Waals surface area contributed by atoms with Crippen LogP contribution in [0, 0.1) is 0 Å². The van der Waals surface area contributed by atoms with E-state index < -0.39 is 21.0 Å². The molecule has 1 N–H and O–H groups in total. The van der Waals surface area contributed by atoms with E-state index in [-0.39, 0.29) is 10.9 Å². The van der Waals surface area contributed by atoms with Gasteiger partial charge in [0.1, 0.15) is 5.25 Å². The topological polar surface area (TPSA) is 63.2 Å². The van der Waals surface area contributed by atoms with E-state index in [9.17, 15) is 13.2 Å². The molecule has 0 aromatic heterocycles. The fourth-order valence-corrected chi connectivity index (χ4v) is 2.77. The third kappa shape index (κ3) is 3.46. The molecule has 0 aliphatic rings. The molecule has 0 spiro atoms. The number of rotatable bonds is 4.